The molecule has 1 aliphatic rings. The summed E-state index contributed by atoms with van der Waals surface area (Å²) in [6.07, 6.45) is 6.58. The predicted octanol–water partition coefficient (Wildman–Crippen LogP) is 9.22. The second-order valence-electron chi connectivity index (χ2n) is 13.7. The molecule has 1 unspecified atom stereocenters. The average Bonchev–Trinajstić information content (AvgIpc) is 3.17. The third-order valence-corrected chi connectivity index (χ3v) is 9.77. The van der Waals surface area contributed by atoms with Gasteiger partial charge in [0.25, 0.3) is 0 Å². The number of rotatable bonds is 21. The minimum absolute atomic E-state index is 0.0517. The van der Waals surface area contributed by atoms with Crippen LogP contribution in [0, 0.1) is 11.8 Å². The summed E-state index contributed by atoms with van der Waals surface area (Å²) in [4.78, 5) is 24.3. The van der Waals surface area contributed by atoms with E-state index in [0.717, 1.165) is 23.1 Å². The van der Waals surface area contributed by atoms with Gasteiger partial charge >= 0.3 is 18.0 Å². The zero-order valence-corrected chi connectivity index (χ0v) is 31.2. The van der Waals surface area contributed by atoms with Gasteiger partial charge in [-0.3, -0.25) is 4.79 Å². The van der Waals surface area contributed by atoms with Crippen molar-refractivity contribution in [3.05, 3.63) is 102 Å². The normalized spacial score (nSPS) is 16.2. The minimum atomic E-state index is -3.78. The summed E-state index contributed by atoms with van der Waals surface area (Å²) in [5.74, 6) is -1.19. The van der Waals surface area contributed by atoms with Crippen molar-refractivity contribution in [3.63, 3.8) is 0 Å². The number of unbranched alkanes of at least 4 members (excludes halogenated alkanes) is 2. The number of carbonyl (C=O) groups excluding carboxylic acids is 2. The fourth-order valence-electron chi connectivity index (χ4n) is 6.34. The van der Waals surface area contributed by atoms with Crippen LogP contribution in [0.5, 0.6) is 17.2 Å². The lowest BCUT2D eigenvalue weighted by Crippen LogP contribution is -2.22. The van der Waals surface area contributed by atoms with E-state index in [1.165, 1.54) is 81.2 Å². The van der Waals surface area contributed by atoms with E-state index in [2.05, 4.69) is 32.2 Å². The molecular weight excluding hydrogens is 698 g/mol. The molecule has 0 bridgehead atoms. The van der Waals surface area contributed by atoms with Gasteiger partial charge in [-0.05, 0) is 78.3 Å². The Morgan fingerprint density at radius 2 is 1.41 bits per heavy atom. The van der Waals surface area contributed by atoms with Gasteiger partial charge in [-0.2, -0.15) is 8.78 Å². The second kappa shape index (κ2) is 20.6. The molecule has 0 aliphatic heterocycles. The Hall–Kier alpha value is -4.74. The maximum atomic E-state index is 15.6. The molecule has 0 radical (unpaired) electrons. The van der Waals surface area contributed by atoms with Crippen LogP contribution >= 0.6 is 0 Å². The first kappa shape index (κ1) is 42.0. The molecule has 1 fully saturated rings. The van der Waals surface area contributed by atoms with Crippen molar-refractivity contribution >= 4 is 11.9 Å². The fourth-order valence-corrected chi connectivity index (χ4v) is 6.34. The van der Waals surface area contributed by atoms with Gasteiger partial charge < -0.3 is 33.9 Å². The van der Waals surface area contributed by atoms with Gasteiger partial charge in [0.15, 0.2) is 0 Å². The van der Waals surface area contributed by atoms with E-state index in [9.17, 15) is 9.59 Å². The van der Waals surface area contributed by atoms with Crippen LogP contribution in [-0.2, 0) is 25.2 Å². The molecule has 3 aromatic carbocycles. The Kier molecular flexibility index (Phi) is 16.1. The Bertz CT molecular complexity index is 1680. The van der Waals surface area contributed by atoms with Gasteiger partial charge in [0.05, 0.1) is 23.7 Å². The lowest BCUT2D eigenvalue weighted by atomic mass is 9.77. The van der Waals surface area contributed by atoms with E-state index in [4.69, 9.17) is 33.9 Å². The van der Waals surface area contributed by atoms with E-state index in [0.29, 0.717) is 5.92 Å². The van der Waals surface area contributed by atoms with Gasteiger partial charge in [-0.25, -0.2) is 4.79 Å². The van der Waals surface area contributed by atoms with E-state index in [1.54, 1.807) is 19.1 Å². The Balaban J connectivity index is 1.41. The van der Waals surface area contributed by atoms with Crippen molar-refractivity contribution in [1.29, 1.82) is 0 Å². The Morgan fingerprint density at radius 3 is 1.98 bits per heavy atom. The van der Waals surface area contributed by atoms with Crippen molar-refractivity contribution in [2.24, 2.45) is 11.8 Å². The van der Waals surface area contributed by atoms with Crippen molar-refractivity contribution in [1.82, 2.24) is 0 Å². The SMILES string of the molecule is C=C(CO)C(=C)C(=O)OCOc1cc(OCOC(=O)C(C)CCO)cc(OC(F)(F)c2ccc(-c3ccc(C4CCC(CCCCC)CC4)cc3)cc2)c1. The monoisotopic (exact) mass is 750 g/mol. The highest BCUT2D eigenvalue weighted by molar-refractivity contribution is 5.92. The summed E-state index contributed by atoms with van der Waals surface area (Å²) in [7, 11) is 0. The van der Waals surface area contributed by atoms with Crippen molar-refractivity contribution in [2.45, 2.75) is 83.7 Å². The van der Waals surface area contributed by atoms with Gasteiger partial charge in [0.1, 0.15) is 17.2 Å². The molecular formula is C43H52F2O9. The molecule has 1 aliphatic carbocycles. The number of ether oxygens (including phenoxy) is 5. The summed E-state index contributed by atoms with van der Waals surface area (Å²) in [6.45, 7) is 8.93. The summed E-state index contributed by atoms with van der Waals surface area (Å²) in [5, 5.41) is 18.2. The van der Waals surface area contributed by atoms with E-state index in [1.807, 2.05) is 12.1 Å². The highest BCUT2D eigenvalue weighted by atomic mass is 19.3. The molecule has 0 aromatic heterocycles. The van der Waals surface area contributed by atoms with Crippen LogP contribution < -0.4 is 14.2 Å². The highest BCUT2D eigenvalue weighted by Gasteiger charge is 2.35. The number of alkyl halides is 2. The number of esters is 2. The largest absolute Gasteiger partial charge is 0.457 e. The van der Waals surface area contributed by atoms with Crippen LogP contribution in [0.4, 0.5) is 8.78 Å². The number of halogens is 2. The molecule has 3 aromatic rings. The van der Waals surface area contributed by atoms with Crippen LogP contribution in [0.3, 0.4) is 0 Å². The summed E-state index contributed by atoms with van der Waals surface area (Å²) in [5.41, 5.74) is 2.54. The number of hydrogen-bond donors (Lipinski definition) is 2. The molecule has 9 nitrogen and oxygen atoms in total. The summed E-state index contributed by atoms with van der Waals surface area (Å²) < 4.78 is 57.3. The van der Waals surface area contributed by atoms with Gasteiger partial charge in [-0.1, -0.05) is 89.1 Å². The highest BCUT2D eigenvalue weighted by Crippen LogP contribution is 2.39. The number of aliphatic hydroxyl groups excluding tert-OH is 2. The minimum Gasteiger partial charge on any atom is -0.457 e. The third-order valence-electron chi connectivity index (χ3n) is 9.77. The first-order valence-corrected chi connectivity index (χ1v) is 18.5. The molecule has 4 rings (SSSR count). The first-order chi connectivity index (χ1) is 25.9. The van der Waals surface area contributed by atoms with Crippen molar-refractivity contribution in [3.8, 4) is 28.4 Å². The number of carbonyl (C=O) groups is 2. The fraction of sp³-hybridized carbons (Fsp3) is 0.442. The van der Waals surface area contributed by atoms with Gasteiger partial charge in [0, 0.05) is 24.8 Å². The molecule has 0 saturated heterocycles. The standard InChI is InChI=1S/C43H52F2O9/c1-5-6-7-8-32-9-11-33(12-10-32)34-13-15-35(16-14-34)36-17-19-37(20-18-36)43(44,45)54-40-24-38(50-27-52-41(48)29(2)21-22-46)23-39(25-40)51-28-53-42(49)31(4)30(3)26-47/h13-20,23-25,29,32-33,46-47H,3-12,21-22,26-28H2,1-2H3. The van der Waals surface area contributed by atoms with Crippen molar-refractivity contribution in [2.75, 3.05) is 26.8 Å². The number of aliphatic hydroxyl groups is 2. The molecule has 0 heterocycles. The zero-order chi connectivity index (χ0) is 39.1. The van der Waals surface area contributed by atoms with Crippen LogP contribution in [0.15, 0.2) is 91.0 Å². The maximum Gasteiger partial charge on any atom is 0.426 e. The van der Waals surface area contributed by atoms with Crippen LogP contribution in [0.25, 0.3) is 11.1 Å². The van der Waals surface area contributed by atoms with E-state index in [-0.39, 0.29) is 41.4 Å². The molecule has 292 valence electrons. The second-order valence-corrected chi connectivity index (χ2v) is 13.7. The van der Waals surface area contributed by atoms with E-state index >= 15 is 8.78 Å². The molecule has 0 amide bonds. The quantitative estimate of drug-likeness (QED) is 0.0361. The molecule has 1 atom stereocenters. The topological polar surface area (TPSA) is 121 Å². The summed E-state index contributed by atoms with van der Waals surface area (Å²) >= 11 is 0. The first-order valence-electron chi connectivity index (χ1n) is 18.5. The van der Waals surface area contributed by atoms with Crippen LogP contribution in [-0.4, -0.2) is 49.0 Å². The maximum absolute atomic E-state index is 15.6. The van der Waals surface area contributed by atoms with Gasteiger partial charge in [-0.15, -0.1) is 0 Å². The Labute approximate surface area is 316 Å². The predicted molar refractivity (Wildman–Crippen MR) is 201 cm³/mol. The lowest BCUT2D eigenvalue weighted by Gasteiger charge is -2.29. The lowest BCUT2D eigenvalue weighted by molar-refractivity contribution is -0.185. The smallest absolute Gasteiger partial charge is 0.426 e. The average molecular weight is 751 g/mol. The molecule has 2 N–H and O–H groups in total. The van der Waals surface area contributed by atoms with Gasteiger partial charge in [0.2, 0.25) is 13.6 Å². The summed E-state index contributed by atoms with van der Waals surface area (Å²) in [6, 6.07) is 17.9. The molecule has 11 heteroatoms. The number of benzene rings is 3. The molecule has 1 saturated carbocycles. The van der Waals surface area contributed by atoms with Crippen LogP contribution in [0.2, 0.25) is 0 Å². The molecule has 0 spiro atoms. The van der Waals surface area contributed by atoms with E-state index < -0.39 is 49.7 Å². The molecule has 54 heavy (non-hydrogen) atoms. The Morgan fingerprint density at radius 1 is 0.833 bits per heavy atom. The number of hydrogen-bond acceptors (Lipinski definition) is 9. The third kappa shape index (κ3) is 12.4. The van der Waals surface area contributed by atoms with Crippen molar-refractivity contribution < 1.29 is 52.3 Å². The van der Waals surface area contributed by atoms with Crippen LogP contribution in [0.1, 0.15) is 88.7 Å². The zero-order valence-electron chi connectivity index (χ0n) is 31.2.